The molecule has 1 unspecified atom stereocenters. The van der Waals surface area contributed by atoms with E-state index in [1.807, 2.05) is 0 Å². The van der Waals surface area contributed by atoms with Crippen LogP contribution in [-0.2, 0) is 9.84 Å². The van der Waals surface area contributed by atoms with Gasteiger partial charge in [0.05, 0.1) is 11.5 Å². The van der Waals surface area contributed by atoms with E-state index in [9.17, 15) is 26.8 Å². The minimum absolute atomic E-state index is 0.0566. The Morgan fingerprint density at radius 1 is 0.926 bits per heavy atom. The second kappa shape index (κ2) is 7.43. The Morgan fingerprint density at radius 2 is 1.56 bits per heavy atom. The highest BCUT2D eigenvalue weighted by Crippen LogP contribution is 2.15. The van der Waals surface area contributed by atoms with Gasteiger partial charge in [-0.1, -0.05) is 0 Å². The van der Waals surface area contributed by atoms with Crippen molar-refractivity contribution in [2.24, 2.45) is 0 Å². The average molecular weight is 394 g/mol. The lowest BCUT2D eigenvalue weighted by Crippen LogP contribution is -2.35. The fourth-order valence-corrected chi connectivity index (χ4v) is 4.40. The van der Waals surface area contributed by atoms with Crippen molar-refractivity contribution < 1.29 is 26.8 Å². The van der Waals surface area contributed by atoms with E-state index in [4.69, 9.17) is 0 Å². The Bertz CT molecular complexity index is 991. The van der Waals surface area contributed by atoms with Gasteiger partial charge in [-0.25, -0.2) is 17.2 Å². The molecule has 1 fully saturated rings. The van der Waals surface area contributed by atoms with Gasteiger partial charge in [-0.05, 0) is 42.8 Å². The first-order valence-electron chi connectivity index (χ1n) is 8.11. The summed E-state index contributed by atoms with van der Waals surface area (Å²) < 4.78 is 48.9. The van der Waals surface area contributed by atoms with Crippen LogP contribution in [0.2, 0.25) is 0 Å². The van der Waals surface area contributed by atoms with E-state index < -0.39 is 39.3 Å². The van der Waals surface area contributed by atoms with Crippen LogP contribution in [0.4, 0.5) is 14.5 Å². The lowest BCUT2D eigenvalue weighted by molar-refractivity contribution is 0.0939. The number of amides is 2. The molecule has 0 aromatic heterocycles. The summed E-state index contributed by atoms with van der Waals surface area (Å²) in [6, 6.07) is 8.27. The zero-order chi connectivity index (χ0) is 19.6. The summed E-state index contributed by atoms with van der Waals surface area (Å²) in [5, 5.41) is 5.08. The molecule has 2 N–H and O–H groups in total. The van der Waals surface area contributed by atoms with Crippen LogP contribution in [0.1, 0.15) is 27.1 Å². The van der Waals surface area contributed by atoms with E-state index in [0.29, 0.717) is 6.42 Å². The summed E-state index contributed by atoms with van der Waals surface area (Å²) in [6.07, 6.45) is 0.378. The smallest absolute Gasteiger partial charge is 0.255 e. The second-order valence-corrected chi connectivity index (χ2v) is 8.46. The predicted molar refractivity (Wildman–Crippen MR) is 95.3 cm³/mol. The fourth-order valence-electron chi connectivity index (χ4n) is 2.73. The normalized spacial score (nSPS) is 18.1. The number of anilines is 1. The lowest BCUT2D eigenvalue weighted by Gasteiger charge is -2.11. The molecule has 0 aliphatic carbocycles. The van der Waals surface area contributed by atoms with E-state index in [2.05, 4.69) is 10.6 Å². The Kier molecular flexibility index (Phi) is 5.22. The molecule has 0 saturated carbocycles. The van der Waals surface area contributed by atoms with Crippen LogP contribution in [0.25, 0.3) is 0 Å². The molecule has 1 aliphatic rings. The summed E-state index contributed by atoms with van der Waals surface area (Å²) in [5.74, 6) is -3.08. The van der Waals surface area contributed by atoms with Crippen LogP contribution in [-0.4, -0.2) is 37.8 Å². The Labute approximate surface area is 154 Å². The summed E-state index contributed by atoms with van der Waals surface area (Å²) in [5.41, 5.74) is 0.603. The zero-order valence-corrected chi connectivity index (χ0v) is 14.9. The number of hydrogen-bond acceptors (Lipinski definition) is 4. The molecule has 3 rings (SSSR count). The van der Waals surface area contributed by atoms with E-state index in [1.54, 1.807) is 0 Å². The summed E-state index contributed by atoms with van der Waals surface area (Å²) in [6.45, 7) is 0. The molecule has 2 aromatic carbocycles. The maximum absolute atomic E-state index is 13.2. The number of carbonyl (C=O) groups excluding carboxylic acids is 2. The third-order valence-corrected chi connectivity index (χ3v) is 5.92. The standard InChI is InChI=1S/C18H16F2N2O4S/c19-15-6-5-13(9-16(15)20)21-17(23)11-1-3-12(4-2-11)18(24)22-14-7-8-27(25,26)10-14/h1-6,9,14H,7-8,10H2,(H,21,23)(H,22,24). The Balaban J connectivity index is 1.63. The van der Waals surface area contributed by atoms with Gasteiger partial charge in [0.2, 0.25) is 0 Å². The van der Waals surface area contributed by atoms with Crippen LogP contribution >= 0.6 is 0 Å². The first-order valence-corrected chi connectivity index (χ1v) is 9.93. The molecule has 0 spiro atoms. The van der Waals surface area contributed by atoms with Gasteiger partial charge in [0.1, 0.15) is 0 Å². The SMILES string of the molecule is O=C(Nc1ccc(F)c(F)c1)c1ccc(C(=O)NC2CCS(=O)(=O)C2)cc1. The molecular formula is C18H16F2N2O4S. The van der Waals surface area contributed by atoms with E-state index >= 15 is 0 Å². The molecule has 6 nitrogen and oxygen atoms in total. The van der Waals surface area contributed by atoms with Crippen LogP contribution < -0.4 is 10.6 Å². The van der Waals surface area contributed by atoms with Gasteiger partial charge < -0.3 is 10.6 Å². The number of benzene rings is 2. The molecule has 0 bridgehead atoms. The summed E-state index contributed by atoms with van der Waals surface area (Å²) >= 11 is 0. The lowest BCUT2D eigenvalue weighted by atomic mass is 10.1. The minimum atomic E-state index is -3.09. The topological polar surface area (TPSA) is 92.3 Å². The van der Waals surface area contributed by atoms with Crippen molar-refractivity contribution in [3.8, 4) is 0 Å². The molecule has 1 saturated heterocycles. The van der Waals surface area contributed by atoms with Gasteiger partial charge in [-0.15, -0.1) is 0 Å². The van der Waals surface area contributed by atoms with Crippen molar-refractivity contribution in [1.82, 2.24) is 5.32 Å². The monoisotopic (exact) mass is 394 g/mol. The van der Waals surface area contributed by atoms with Crippen molar-refractivity contribution in [1.29, 1.82) is 0 Å². The summed E-state index contributed by atoms with van der Waals surface area (Å²) in [4.78, 5) is 24.3. The van der Waals surface area contributed by atoms with Crippen molar-refractivity contribution in [2.75, 3.05) is 16.8 Å². The second-order valence-electron chi connectivity index (χ2n) is 6.23. The molecule has 2 aromatic rings. The predicted octanol–water partition coefficient (Wildman–Crippen LogP) is 2.13. The highest BCUT2D eigenvalue weighted by atomic mass is 32.2. The highest BCUT2D eigenvalue weighted by molar-refractivity contribution is 7.91. The van der Waals surface area contributed by atoms with Crippen LogP contribution in [0.15, 0.2) is 42.5 Å². The van der Waals surface area contributed by atoms with Crippen LogP contribution in [0, 0.1) is 11.6 Å². The van der Waals surface area contributed by atoms with Crippen molar-refractivity contribution >= 4 is 27.3 Å². The molecule has 142 valence electrons. The van der Waals surface area contributed by atoms with Gasteiger partial charge in [-0.2, -0.15) is 0 Å². The highest BCUT2D eigenvalue weighted by Gasteiger charge is 2.29. The number of nitrogens with one attached hydrogen (secondary N) is 2. The van der Waals surface area contributed by atoms with Crippen molar-refractivity contribution in [3.05, 3.63) is 65.2 Å². The first-order chi connectivity index (χ1) is 12.7. The van der Waals surface area contributed by atoms with Crippen LogP contribution in [0.5, 0.6) is 0 Å². The molecule has 1 heterocycles. The van der Waals surface area contributed by atoms with Gasteiger partial charge in [-0.3, -0.25) is 9.59 Å². The first kappa shape index (κ1) is 19.0. The molecule has 2 amide bonds. The Morgan fingerprint density at radius 3 is 2.11 bits per heavy atom. The number of hydrogen-bond donors (Lipinski definition) is 2. The molecule has 1 atom stereocenters. The minimum Gasteiger partial charge on any atom is -0.348 e. The van der Waals surface area contributed by atoms with Gasteiger partial charge in [0, 0.05) is 28.9 Å². The molecule has 0 radical (unpaired) electrons. The molecule has 9 heteroatoms. The number of rotatable bonds is 4. The van der Waals surface area contributed by atoms with Crippen LogP contribution in [0.3, 0.4) is 0 Å². The van der Waals surface area contributed by atoms with E-state index in [1.165, 1.54) is 30.3 Å². The quantitative estimate of drug-likeness (QED) is 0.831. The average Bonchev–Trinajstić information content (AvgIpc) is 2.96. The molecule has 27 heavy (non-hydrogen) atoms. The Hall–Kier alpha value is -2.81. The maximum atomic E-state index is 13.2. The van der Waals surface area contributed by atoms with E-state index in [-0.39, 0.29) is 28.3 Å². The largest absolute Gasteiger partial charge is 0.348 e. The molecular weight excluding hydrogens is 378 g/mol. The number of halogens is 2. The van der Waals surface area contributed by atoms with E-state index in [0.717, 1.165) is 12.1 Å². The fraction of sp³-hybridized carbons (Fsp3) is 0.222. The third-order valence-electron chi connectivity index (χ3n) is 4.15. The zero-order valence-electron chi connectivity index (χ0n) is 14.0. The third kappa shape index (κ3) is 4.68. The van der Waals surface area contributed by atoms with Gasteiger partial charge >= 0.3 is 0 Å². The number of sulfone groups is 1. The van der Waals surface area contributed by atoms with Crippen molar-refractivity contribution in [3.63, 3.8) is 0 Å². The molecule has 1 aliphatic heterocycles. The number of carbonyl (C=O) groups is 2. The maximum Gasteiger partial charge on any atom is 0.255 e. The summed E-state index contributed by atoms with van der Waals surface area (Å²) in [7, 11) is -3.09. The van der Waals surface area contributed by atoms with Gasteiger partial charge in [0.25, 0.3) is 11.8 Å². The van der Waals surface area contributed by atoms with Crippen molar-refractivity contribution in [2.45, 2.75) is 12.5 Å². The van der Waals surface area contributed by atoms with Gasteiger partial charge in [0.15, 0.2) is 21.5 Å².